The maximum atomic E-state index is 11.1. The van der Waals surface area contributed by atoms with Crippen molar-refractivity contribution in [2.24, 2.45) is 0 Å². The van der Waals surface area contributed by atoms with E-state index in [1.54, 1.807) is 0 Å². The number of carbonyl (C=O) groups is 2. The van der Waals surface area contributed by atoms with Crippen LogP contribution in [0, 0.1) is 0 Å². The Hall–Kier alpha value is -2.05. The third-order valence-corrected chi connectivity index (χ3v) is 4.51. The van der Waals surface area contributed by atoms with Crippen LogP contribution in [0.25, 0.3) is 0 Å². The number of hydrogen-bond donors (Lipinski definition) is 7. The molecule has 1 fully saturated rings. The van der Waals surface area contributed by atoms with Gasteiger partial charge in [-0.3, -0.25) is 9.32 Å². The summed E-state index contributed by atoms with van der Waals surface area (Å²) in [6.45, 7) is -0.631. The van der Waals surface area contributed by atoms with Crippen LogP contribution in [0.3, 0.4) is 0 Å². The first-order valence-electron chi connectivity index (χ1n) is 8.00. The van der Waals surface area contributed by atoms with E-state index >= 15 is 0 Å². The zero-order valence-corrected chi connectivity index (χ0v) is 15.2. The SMILES string of the molecule is O=C(O)C[C@H](Nc1ccc([C@@H]2O[C@H](COP(=O)(O)O)[C@@H](O)[C@H]2O)cc1)C(=O)O. The van der Waals surface area contributed by atoms with Crippen LogP contribution in [0.1, 0.15) is 18.1 Å². The first kappa shape index (κ1) is 22.2. The first-order chi connectivity index (χ1) is 13.0. The Labute approximate surface area is 158 Å². The standard InChI is InChI=1S/C15H20NO11P/c17-11(18)5-9(15(21)22)16-8-3-1-7(2-4-8)14-13(20)12(19)10(27-14)6-26-28(23,24)25/h1-4,9-10,12-14,16,19-20H,5-6H2,(H,17,18)(H,21,22)(H2,23,24,25)/t9-,10+,12+,13+,14-/m0/s1. The molecular weight excluding hydrogens is 401 g/mol. The van der Waals surface area contributed by atoms with E-state index in [0.717, 1.165) is 0 Å². The predicted octanol–water partition coefficient (Wildman–Crippen LogP) is -0.703. The van der Waals surface area contributed by atoms with Crippen LogP contribution in [0.4, 0.5) is 5.69 Å². The fraction of sp³-hybridized carbons (Fsp3) is 0.467. The molecule has 1 aromatic carbocycles. The van der Waals surface area contributed by atoms with Crippen molar-refractivity contribution < 1.29 is 53.6 Å². The molecule has 12 nitrogen and oxygen atoms in total. The number of nitrogens with one attached hydrogen (secondary N) is 1. The molecule has 0 aliphatic carbocycles. The van der Waals surface area contributed by atoms with Gasteiger partial charge < -0.3 is 40.3 Å². The summed E-state index contributed by atoms with van der Waals surface area (Å²) < 4.78 is 20.5. The molecule has 0 saturated carbocycles. The largest absolute Gasteiger partial charge is 0.481 e. The lowest BCUT2D eigenvalue weighted by Gasteiger charge is -2.17. The van der Waals surface area contributed by atoms with Gasteiger partial charge >= 0.3 is 19.8 Å². The van der Waals surface area contributed by atoms with E-state index in [1.165, 1.54) is 24.3 Å². The molecule has 0 radical (unpaired) electrons. The average Bonchev–Trinajstić information content (AvgIpc) is 2.87. The molecule has 0 aromatic heterocycles. The summed E-state index contributed by atoms with van der Waals surface area (Å²) in [7, 11) is -4.77. The van der Waals surface area contributed by atoms with Gasteiger partial charge in [-0.05, 0) is 17.7 Å². The van der Waals surface area contributed by atoms with E-state index < -0.39 is 63.2 Å². The molecule has 0 spiro atoms. The molecular formula is C15H20NO11P. The summed E-state index contributed by atoms with van der Waals surface area (Å²) in [5.41, 5.74) is 0.715. The van der Waals surface area contributed by atoms with Gasteiger partial charge in [0.1, 0.15) is 30.5 Å². The summed E-state index contributed by atoms with van der Waals surface area (Å²) in [5, 5.41) is 40.4. The van der Waals surface area contributed by atoms with Gasteiger partial charge in [-0.1, -0.05) is 12.1 Å². The van der Waals surface area contributed by atoms with Gasteiger partial charge in [-0.15, -0.1) is 0 Å². The van der Waals surface area contributed by atoms with Crippen molar-refractivity contribution >= 4 is 25.4 Å². The van der Waals surface area contributed by atoms with Crippen molar-refractivity contribution in [3.05, 3.63) is 29.8 Å². The number of hydrogen-bond acceptors (Lipinski definition) is 8. The number of phosphoric ester groups is 1. The molecule has 0 bridgehead atoms. The first-order valence-corrected chi connectivity index (χ1v) is 9.53. The molecule has 0 amide bonds. The number of carboxylic acid groups (broad SMARTS) is 2. The molecule has 0 unspecified atom stereocenters. The Morgan fingerprint density at radius 2 is 1.75 bits per heavy atom. The molecule has 13 heteroatoms. The minimum atomic E-state index is -4.77. The van der Waals surface area contributed by atoms with E-state index in [1.807, 2.05) is 0 Å². The van der Waals surface area contributed by atoms with E-state index in [9.17, 15) is 24.4 Å². The summed E-state index contributed by atoms with van der Waals surface area (Å²) >= 11 is 0. The van der Waals surface area contributed by atoms with Crippen molar-refractivity contribution in [2.45, 2.75) is 36.9 Å². The topological polar surface area (TPSA) is 203 Å². The Balaban J connectivity index is 2.05. The van der Waals surface area contributed by atoms with E-state index in [2.05, 4.69) is 9.84 Å². The highest BCUT2D eigenvalue weighted by Crippen LogP contribution is 2.39. The molecule has 1 aliphatic heterocycles. The maximum Gasteiger partial charge on any atom is 0.469 e. The Bertz CT molecular complexity index is 749. The highest BCUT2D eigenvalue weighted by molar-refractivity contribution is 7.46. The monoisotopic (exact) mass is 421 g/mol. The lowest BCUT2D eigenvalue weighted by atomic mass is 10.0. The van der Waals surface area contributed by atoms with Crippen LogP contribution in [-0.2, 0) is 23.4 Å². The summed E-state index contributed by atoms with van der Waals surface area (Å²) in [6.07, 6.45) is -5.64. The molecule has 28 heavy (non-hydrogen) atoms. The molecule has 2 rings (SSSR count). The number of rotatable bonds is 9. The minimum absolute atomic E-state index is 0.312. The number of aliphatic carboxylic acids is 2. The smallest absolute Gasteiger partial charge is 0.469 e. The number of benzene rings is 1. The lowest BCUT2D eigenvalue weighted by molar-refractivity contribution is -0.144. The summed E-state index contributed by atoms with van der Waals surface area (Å²) in [6, 6.07) is 4.47. The number of aliphatic hydroxyl groups excluding tert-OH is 2. The number of carboxylic acids is 2. The fourth-order valence-corrected chi connectivity index (χ4v) is 3.02. The Kier molecular flexibility index (Phi) is 7.12. The number of phosphoric acid groups is 1. The minimum Gasteiger partial charge on any atom is -0.481 e. The highest BCUT2D eigenvalue weighted by atomic mass is 31.2. The summed E-state index contributed by atoms with van der Waals surface area (Å²) in [4.78, 5) is 39.2. The molecule has 1 aromatic rings. The van der Waals surface area contributed by atoms with Crippen molar-refractivity contribution in [2.75, 3.05) is 11.9 Å². The van der Waals surface area contributed by atoms with Crippen LogP contribution in [0.15, 0.2) is 24.3 Å². The van der Waals surface area contributed by atoms with Gasteiger partial charge in [0, 0.05) is 5.69 Å². The van der Waals surface area contributed by atoms with Gasteiger partial charge in [0.05, 0.1) is 13.0 Å². The number of ether oxygens (including phenoxy) is 1. The Morgan fingerprint density at radius 3 is 2.25 bits per heavy atom. The number of aliphatic hydroxyl groups is 2. The highest BCUT2D eigenvalue weighted by Gasteiger charge is 2.44. The van der Waals surface area contributed by atoms with Gasteiger partial charge in [-0.25, -0.2) is 9.36 Å². The zero-order valence-electron chi connectivity index (χ0n) is 14.3. The predicted molar refractivity (Wildman–Crippen MR) is 91.4 cm³/mol. The second-order valence-corrected chi connectivity index (χ2v) is 7.36. The molecule has 1 heterocycles. The van der Waals surface area contributed by atoms with Crippen LogP contribution in [-0.4, -0.2) is 73.1 Å². The zero-order chi connectivity index (χ0) is 21.1. The Morgan fingerprint density at radius 1 is 1.14 bits per heavy atom. The second kappa shape index (κ2) is 8.97. The van der Waals surface area contributed by atoms with Crippen molar-refractivity contribution in [1.82, 2.24) is 0 Å². The van der Waals surface area contributed by atoms with Crippen molar-refractivity contribution in [1.29, 1.82) is 0 Å². The second-order valence-electron chi connectivity index (χ2n) is 6.12. The average molecular weight is 421 g/mol. The maximum absolute atomic E-state index is 11.1. The van der Waals surface area contributed by atoms with Gasteiger partial charge in [-0.2, -0.15) is 0 Å². The molecule has 5 atom stereocenters. The normalized spacial score (nSPS) is 26.0. The molecule has 1 aliphatic rings. The molecule has 7 N–H and O–H groups in total. The van der Waals surface area contributed by atoms with Crippen molar-refractivity contribution in [3.63, 3.8) is 0 Å². The molecule has 1 saturated heterocycles. The van der Waals surface area contributed by atoms with Crippen LogP contribution >= 0.6 is 7.82 Å². The van der Waals surface area contributed by atoms with E-state index in [-0.39, 0.29) is 0 Å². The van der Waals surface area contributed by atoms with Crippen LogP contribution in [0.2, 0.25) is 0 Å². The molecule has 156 valence electrons. The number of anilines is 1. The third-order valence-electron chi connectivity index (χ3n) is 4.03. The summed E-state index contributed by atoms with van der Waals surface area (Å²) in [5.74, 6) is -2.62. The lowest BCUT2D eigenvalue weighted by Crippen LogP contribution is -2.33. The van der Waals surface area contributed by atoms with Crippen LogP contribution < -0.4 is 5.32 Å². The van der Waals surface area contributed by atoms with Gasteiger partial charge in [0.15, 0.2) is 0 Å². The van der Waals surface area contributed by atoms with Crippen molar-refractivity contribution in [3.8, 4) is 0 Å². The van der Waals surface area contributed by atoms with Crippen LogP contribution in [0.5, 0.6) is 0 Å². The van der Waals surface area contributed by atoms with Gasteiger partial charge in [0.2, 0.25) is 0 Å². The van der Waals surface area contributed by atoms with Gasteiger partial charge in [0.25, 0.3) is 0 Å². The fourth-order valence-electron chi connectivity index (χ4n) is 2.68. The van der Waals surface area contributed by atoms with E-state index in [4.69, 9.17) is 24.7 Å². The third kappa shape index (κ3) is 5.97. The van der Waals surface area contributed by atoms with E-state index in [0.29, 0.717) is 11.3 Å². The quantitative estimate of drug-likeness (QED) is 0.247.